The molecule has 7 nitrogen and oxygen atoms in total. The predicted molar refractivity (Wildman–Crippen MR) is 108 cm³/mol. The summed E-state index contributed by atoms with van der Waals surface area (Å²) >= 11 is 0. The maximum atomic E-state index is 12.3. The first-order valence-corrected chi connectivity index (χ1v) is 9.14. The summed E-state index contributed by atoms with van der Waals surface area (Å²) in [6, 6.07) is 6.00. The molecule has 0 saturated heterocycles. The van der Waals surface area contributed by atoms with Crippen molar-refractivity contribution in [2.24, 2.45) is 7.05 Å². The molecule has 0 radical (unpaired) electrons. The van der Waals surface area contributed by atoms with Crippen LogP contribution in [0.1, 0.15) is 34.1 Å². The van der Waals surface area contributed by atoms with Gasteiger partial charge in [-0.25, -0.2) is 4.79 Å². The third kappa shape index (κ3) is 2.63. The Hall–Kier alpha value is -3.32. The van der Waals surface area contributed by atoms with Crippen LogP contribution in [-0.2, 0) is 20.0 Å². The summed E-state index contributed by atoms with van der Waals surface area (Å²) in [6.07, 6.45) is 4.17. The first-order valence-electron chi connectivity index (χ1n) is 9.14. The topological polar surface area (TPSA) is 107 Å². The van der Waals surface area contributed by atoms with Crippen molar-refractivity contribution in [3.8, 4) is 17.0 Å². The van der Waals surface area contributed by atoms with Gasteiger partial charge in [0, 0.05) is 41.3 Å². The van der Waals surface area contributed by atoms with E-state index in [-0.39, 0.29) is 0 Å². The number of aromatic nitrogens is 2. The number of nitrogens with zero attached hydrogens (tertiary/aromatic N) is 1. The summed E-state index contributed by atoms with van der Waals surface area (Å²) in [5, 5.41) is 24.1. The van der Waals surface area contributed by atoms with Crippen LogP contribution in [0.25, 0.3) is 28.2 Å². The molecule has 2 heterocycles. The number of carboxylic acids is 1. The number of carboxylic acid groups (broad SMARTS) is 1. The summed E-state index contributed by atoms with van der Waals surface area (Å²) in [6.45, 7) is 3.68. The lowest BCUT2D eigenvalue weighted by atomic mass is 9.97. The quantitative estimate of drug-likeness (QED) is 0.557. The van der Waals surface area contributed by atoms with Gasteiger partial charge in [0.1, 0.15) is 5.75 Å². The van der Waals surface area contributed by atoms with E-state index in [2.05, 4.69) is 27.9 Å². The molecular formula is C21H21N3O4. The van der Waals surface area contributed by atoms with E-state index >= 15 is 0 Å². The van der Waals surface area contributed by atoms with Crippen molar-refractivity contribution >= 4 is 22.9 Å². The van der Waals surface area contributed by atoms with Crippen LogP contribution in [-0.4, -0.2) is 32.3 Å². The van der Waals surface area contributed by atoms with Gasteiger partial charge in [0.15, 0.2) is 5.56 Å². The van der Waals surface area contributed by atoms with E-state index < -0.39 is 22.8 Å². The molecule has 0 bridgehead atoms. The highest BCUT2D eigenvalue weighted by Gasteiger charge is 2.25. The number of rotatable bonds is 4. The Kier molecular flexibility index (Phi) is 4.31. The van der Waals surface area contributed by atoms with Crippen molar-refractivity contribution in [3.63, 3.8) is 0 Å². The van der Waals surface area contributed by atoms with E-state index in [1.54, 1.807) is 0 Å². The van der Waals surface area contributed by atoms with Gasteiger partial charge in [0.2, 0.25) is 0 Å². The summed E-state index contributed by atoms with van der Waals surface area (Å²) < 4.78 is 2.13. The summed E-state index contributed by atoms with van der Waals surface area (Å²) in [7, 11) is 2.02. The molecule has 7 heteroatoms. The van der Waals surface area contributed by atoms with Crippen molar-refractivity contribution in [1.29, 1.82) is 0 Å². The first-order chi connectivity index (χ1) is 13.4. The Morgan fingerprint density at radius 2 is 2.14 bits per heavy atom. The molecule has 4 rings (SSSR count). The molecule has 3 aromatic rings. The van der Waals surface area contributed by atoms with Crippen LogP contribution in [0.15, 0.2) is 29.1 Å². The molecule has 2 aromatic heterocycles. The minimum absolute atomic E-state index is 0.325. The highest BCUT2D eigenvalue weighted by atomic mass is 16.4. The zero-order chi connectivity index (χ0) is 20.0. The van der Waals surface area contributed by atoms with E-state index in [0.29, 0.717) is 17.7 Å². The minimum Gasteiger partial charge on any atom is -0.506 e. The van der Waals surface area contributed by atoms with Crippen LogP contribution >= 0.6 is 0 Å². The van der Waals surface area contributed by atoms with Gasteiger partial charge in [-0.15, -0.1) is 0 Å². The normalized spacial score (nSPS) is 12.6. The molecule has 0 unspecified atom stereocenters. The predicted octanol–water partition coefficient (Wildman–Crippen LogP) is 2.62. The smallest absolute Gasteiger partial charge is 0.345 e. The molecular weight excluding hydrogens is 358 g/mol. The largest absolute Gasteiger partial charge is 0.506 e. The van der Waals surface area contributed by atoms with Gasteiger partial charge in [0.25, 0.3) is 5.56 Å². The fourth-order valence-electron chi connectivity index (χ4n) is 3.86. The number of aromatic hydroxyl groups is 1. The Labute approximate surface area is 160 Å². The summed E-state index contributed by atoms with van der Waals surface area (Å²) in [5.41, 5.74) is 3.35. The zero-order valence-corrected chi connectivity index (χ0v) is 15.7. The second-order valence-corrected chi connectivity index (χ2v) is 6.88. The average molecular weight is 379 g/mol. The van der Waals surface area contributed by atoms with Crippen molar-refractivity contribution in [2.75, 3.05) is 6.54 Å². The number of hydrogen-bond acceptors (Lipinski definition) is 4. The highest BCUT2D eigenvalue weighted by molar-refractivity contribution is 5.99. The molecule has 144 valence electrons. The number of pyridine rings is 1. The summed E-state index contributed by atoms with van der Waals surface area (Å²) in [4.78, 5) is 26.3. The molecule has 0 aliphatic heterocycles. The fourth-order valence-corrected chi connectivity index (χ4v) is 3.86. The van der Waals surface area contributed by atoms with Crippen LogP contribution in [0.5, 0.6) is 5.75 Å². The van der Waals surface area contributed by atoms with Gasteiger partial charge < -0.3 is 25.1 Å². The van der Waals surface area contributed by atoms with Crippen molar-refractivity contribution in [1.82, 2.24) is 14.9 Å². The molecule has 0 atom stereocenters. The lowest BCUT2D eigenvalue weighted by Gasteiger charge is -2.13. The van der Waals surface area contributed by atoms with E-state index in [4.69, 9.17) is 0 Å². The van der Waals surface area contributed by atoms with Gasteiger partial charge >= 0.3 is 5.97 Å². The van der Waals surface area contributed by atoms with Gasteiger partial charge in [-0.3, -0.25) is 4.79 Å². The van der Waals surface area contributed by atoms with Crippen molar-refractivity contribution in [3.05, 3.63) is 57.0 Å². The number of fused-ring (bicyclic) bond motifs is 5. The standard InChI is InChI=1S/C21H21N3O4/c1-3-22-10-11-9-15-12-5-4-6-14-18(13(12)7-8-16(15)24(11)2)23-20(26)17(19(14)25)21(27)28/h4-5,7-9,22H,3,6,10H2,1-2H3,(H,27,28)(H2,23,25,26). The maximum Gasteiger partial charge on any atom is 0.345 e. The fraction of sp³-hybridized carbons (Fsp3) is 0.238. The summed E-state index contributed by atoms with van der Waals surface area (Å²) in [5.74, 6) is -1.91. The van der Waals surface area contributed by atoms with Gasteiger partial charge in [-0.2, -0.15) is 0 Å². The number of hydrogen-bond donors (Lipinski definition) is 4. The second kappa shape index (κ2) is 6.69. The number of benzene rings is 1. The monoisotopic (exact) mass is 379 g/mol. The minimum atomic E-state index is -1.44. The number of aryl methyl sites for hydroxylation is 1. The van der Waals surface area contributed by atoms with Crippen molar-refractivity contribution in [2.45, 2.75) is 19.9 Å². The number of H-pyrrole nitrogens is 1. The van der Waals surface area contributed by atoms with Crippen molar-refractivity contribution < 1.29 is 15.0 Å². The number of aromatic amines is 1. The Bertz CT molecular complexity index is 1200. The highest BCUT2D eigenvalue weighted by Crippen LogP contribution is 2.38. The van der Waals surface area contributed by atoms with Crippen LogP contribution < -0.4 is 10.9 Å². The van der Waals surface area contributed by atoms with E-state index in [9.17, 15) is 19.8 Å². The average Bonchev–Trinajstić information content (AvgIpc) is 2.85. The maximum absolute atomic E-state index is 12.3. The number of nitrogens with one attached hydrogen (secondary N) is 2. The molecule has 0 fully saturated rings. The third-order valence-corrected chi connectivity index (χ3v) is 5.30. The number of allylic oxidation sites excluding steroid dienone is 1. The molecule has 0 saturated carbocycles. The van der Waals surface area contributed by atoms with Crippen LogP contribution in [0.4, 0.5) is 0 Å². The Morgan fingerprint density at radius 1 is 1.36 bits per heavy atom. The second-order valence-electron chi connectivity index (χ2n) is 6.88. The first kappa shape index (κ1) is 18.1. The lowest BCUT2D eigenvalue weighted by Crippen LogP contribution is -2.20. The molecule has 1 aliphatic carbocycles. The van der Waals surface area contributed by atoms with E-state index in [1.807, 2.05) is 31.3 Å². The van der Waals surface area contributed by atoms with Crippen LogP contribution in [0.3, 0.4) is 0 Å². The van der Waals surface area contributed by atoms with E-state index in [0.717, 1.165) is 40.8 Å². The zero-order valence-electron chi connectivity index (χ0n) is 15.7. The van der Waals surface area contributed by atoms with Gasteiger partial charge in [-0.1, -0.05) is 25.1 Å². The molecule has 1 aliphatic rings. The lowest BCUT2D eigenvalue weighted by molar-refractivity contribution is 0.0691. The van der Waals surface area contributed by atoms with Gasteiger partial charge in [-0.05, 0) is 30.7 Å². The molecule has 0 amide bonds. The SMILES string of the molecule is CCNCc1cc2c3c(ccc2n1C)-c1[nH]c(=O)c(C(=O)O)c(O)c1CC=C3. The molecule has 28 heavy (non-hydrogen) atoms. The third-order valence-electron chi connectivity index (χ3n) is 5.30. The molecule has 0 spiro atoms. The van der Waals surface area contributed by atoms with E-state index in [1.165, 1.54) is 0 Å². The van der Waals surface area contributed by atoms with Crippen LogP contribution in [0, 0.1) is 0 Å². The Balaban J connectivity index is 1.99. The van der Waals surface area contributed by atoms with Gasteiger partial charge in [0.05, 0.1) is 5.69 Å². The Morgan fingerprint density at radius 3 is 2.86 bits per heavy atom. The number of carbonyl (C=O) groups is 1. The number of aromatic carboxylic acids is 1. The molecule has 4 N–H and O–H groups in total. The molecule has 1 aromatic carbocycles. The van der Waals surface area contributed by atoms with Crippen LogP contribution in [0.2, 0.25) is 0 Å².